The average Bonchev–Trinajstić information content (AvgIpc) is 3.53. The van der Waals surface area contributed by atoms with Crippen molar-refractivity contribution in [1.82, 2.24) is 20.0 Å². The highest BCUT2D eigenvalue weighted by atomic mass is 16.5. The Morgan fingerprint density at radius 3 is 2.22 bits per heavy atom. The smallest absolute Gasteiger partial charge is 0.263 e. The van der Waals surface area contributed by atoms with Crippen molar-refractivity contribution < 1.29 is 14.1 Å². The number of amides is 1. The molecule has 8 heteroatoms. The number of hydrogen-bond donors (Lipinski definition) is 0. The van der Waals surface area contributed by atoms with Crippen LogP contribution in [0.3, 0.4) is 0 Å². The van der Waals surface area contributed by atoms with Gasteiger partial charge in [0.25, 0.3) is 5.71 Å². The molecular formula is C37H31N5O3. The van der Waals surface area contributed by atoms with Crippen LogP contribution < -0.4 is 9.64 Å². The van der Waals surface area contributed by atoms with E-state index in [1.807, 2.05) is 114 Å². The molecule has 1 saturated heterocycles. The lowest BCUT2D eigenvalue weighted by atomic mass is 10.1. The first-order valence-electron chi connectivity index (χ1n) is 15.0. The average molecular weight is 594 g/mol. The van der Waals surface area contributed by atoms with Crippen LogP contribution in [0.15, 0.2) is 126 Å². The summed E-state index contributed by atoms with van der Waals surface area (Å²) in [6, 6.07) is 37.4. The van der Waals surface area contributed by atoms with Crippen LogP contribution in [-0.4, -0.2) is 52.1 Å². The topological polar surface area (TPSA) is 84.6 Å². The van der Waals surface area contributed by atoms with Gasteiger partial charge in [-0.25, -0.2) is 4.98 Å². The Morgan fingerprint density at radius 1 is 0.778 bits per heavy atom. The number of piperazine rings is 1. The van der Waals surface area contributed by atoms with Gasteiger partial charge < -0.3 is 19.1 Å². The van der Waals surface area contributed by atoms with Crippen molar-refractivity contribution in [2.75, 3.05) is 31.1 Å². The van der Waals surface area contributed by atoms with Crippen LogP contribution in [0.1, 0.15) is 17.0 Å². The van der Waals surface area contributed by atoms with Crippen LogP contribution in [-0.2, 0) is 11.2 Å². The monoisotopic (exact) mass is 593 g/mol. The molecule has 0 saturated carbocycles. The Morgan fingerprint density at radius 2 is 1.47 bits per heavy atom. The van der Waals surface area contributed by atoms with Crippen LogP contribution in [0, 0.1) is 0 Å². The molecule has 1 fully saturated rings. The van der Waals surface area contributed by atoms with Gasteiger partial charge in [0.05, 0.1) is 0 Å². The third kappa shape index (κ3) is 6.45. The van der Waals surface area contributed by atoms with Crippen molar-refractivity contribution in [3.63, 3.8) is 0 Å². The van der Waals surface area contributed by atoms with Gasteiger partial charge in [0.1, 0.15) is 34.2 Å². The van der Waals surface area contributed by atoms with Crippen molar-refractivity contribution >= 4 is 28.9 Å². The minimum atomic E-state index is -0.00278. The highest BCUT2D eigenvalue weighted by molar-refractivity contribution is 5.98. The predicted molar refractivity (Wildman–Crippen MR) is 175 cm³/mol. The SMILES string of the molecule is O=C(/C=C/c1ccccc1)N1CCN(c2nc(Cc3ccccc3)nc3onc(-c4cccc(Oc5ccccc5)c4)c23)CC1. The number of carbonyl (C=O) groups excluding carboxylic acids is 1. The van der Waals surface area contributed by atoms with Gasteiger partial charge in [0, 0.05) is 44.2 Å². The molecule has 0 aliphatic carbocycles. The molecule has 1 aliphatic heterocycles. The number of rotatable bonds is 8. The van der Waals surface area contributed by atoms with Crippen LogP contribution >= 0.6 is 0 Å². The lowest BCUT2D eigenvalue weighted by Gasteiger charge is -2.35. The summed E-state index contributed by atoms with van der Waals surface area (Å²) in [6.45, 7) is 2.37. The first kappa shape index (κ1) is 28.0. The Kier molecular flexibility index (Phi) is 8.01. The molecule has 8 nitrogen and oxygen atoms in total. The third-order valence-corrected chi connectivity index (χ3v) is 7.76. The van der Waals surface area contributed by atoms with Crippen molar-refractivity contribution in [2.45, 2.75) is 6.42 Å². The van der Waals surface area contributed by atoms with Gasteiger partial charge in [-0.1, -0.05) is 96.2 Å². The molecule has 1 amide bonds. The summed E-state index contributed by atoms with van der Waals surface area (Å²) >= 11 is 0. The van der Waals surface area contributed by atoms with E-state index in [9.17, 15) is 4.79 Å². The first-order chi connectivity index (χ1) is 22.2. The minimum absolute atomic E-state index is 0.00278. The summed E-state index contributed by atoms with van der Waals surface area (Å²) in [4.78, 5) is 26.9. The maximum absolute atomic E-state index is 13.0. The normalized spacial score (nSPS) is 13.4. The standard InChI is InChI=1S/C37H31N5O3/c43-33(20-19-27-11-4-1-5-12-27)41-21-23-42(24-22-41)36-34-35(29-15-10-18-31(26-29)44-30-16-8-3-9-17-30)40-45-37(34)39-32(38-36)25-28-13-6-2-7-14-28/h1-20,26H,21-25H2/b20-19+. The number of fused-ring (bicyclic) bond motifs is 1. The van der Waals surface area contributed by atoms with Gasteiger partial charge >= 0.3 is 0 Å². The molecule has 0 radical (unpaired) electrons. The van der Waals surface area contributed by atoms with Crippen LogP contribution in [0.5, 0.6) is 11.5 Å². The van der Waals surface area contributed by atoms with Crippen LogP contribution in [0.4, 0.5) is 5.82 Å². The van der Waals surface area contributed by atoms with Crippen molar-refractivity contribution in [2.24, 2.45) is 0 Å². The molecule has 2 aromatic heterocycles. The zero-order valence-corrected chi connectivity index (χ0v) is 24.6. The summed E-state index contributed by atoms with van der Waals surface area (Å²) in [5.41, 5.74) is 4.02. The number of aromatic nitrogens is 3. The summed E-state index contributed by atoms with van der Waals surface area (Å²) < 4.78 is 12.0. The van der Waals surface area contributed by atoms with Gasteiger partial charge in [-0.3, -0.25) is 4.79 Å². The molecule has 45 heavy (non-hydrogen) atoms. The van der Waals surface area contributed by atoms with Crippen LogP contribution in [0.25, 0.3) is 28.4 Å². The quantitative estimate of drug-likeness (QED) is 0.175. The molecule has 0 spiro atoms. The second-order valence-corrected chi connectivity index (χ2v) is 10.8. The number of carbonyl (C=O) groups is 1. The van der Waals surface area contributed by atoms with Gasteiger partial charge in [-0.15, -0.1) is 0 Å². The maximum Gasteiger partial charge on any atom is 0.263 e. The highest BCUT2D eigenvalue weighted by Gasteiger charge is 2.27. The third-order valence-electron chi connectivity index (χ3n) is 7.76. The number of hydrogen-bond acceptors (Lipinski definition) is 7. The Balaban J connectivity index is 1.19. The van der Waals surface area contributed by atoms with E-state index in [0.29, 0.717) is 55.6 Å². The highest BCUT2D eigenvalue weighted by Crippen LogP contribution is 2.36. The second kappa shape index (κ2) is 12.9. The van der Waals surface area contributed by atoms with E-state index in [4.69, 9.17) is 19.2 Å². The fraction of sp³-hybridized carbons (Fsp3) is 0.135. The Hall–Kier alpha value is -5.76. The van der Waals surface area contributed by atoms with Gasteiger partial charge in [-0.2, -0.15) is 4.98 Å². The van der Waals surface area contributed by atoms with E-state index in [2.05, 4.69) is 22.2 Å². The molecule has 4 aromatic carbocycles. The summed E-state index contributed by atoms with van der Waals surface area (Å²) in [5.74, 6) is 2.84. The summed E-state index contributed by atoms with van der Waals surface area (Å²) in [7, 11) is 0. The molecule has 3 heterocycles. The lowest BCUT2D eigenvalue weighted by molar-refractivity contribution is -0.126. The summed E-state index contributed by atoms with van der Waals surface area (Å²) in [6.07, 6.45) is 4.06. The van der Waals surface area contributed by atoms with E-state index in [0.717, 1.165) is 33.6 Å². The van der Waals surface area contributed by atoms with E-state index >= 15 is 0 Å². The van der Waals surface area contributed by atoms with E-state index in [1.165, 1.54) is 0 Å². The predicted octanol–water partition coefficient (Wildman–Crippen LogP) is 7.03. The zero-order valence-electron chi connectivity index (χ0n) is 24.6. The lowest BCUT2D eigenvalue weighted by Crippen LogP contribution is -2.48. The van der Waals surface area contributed by atoms with E-state index < -0.39 is 0 Å². The number of anilines is 1. The fourth-order valence-electron chi connectivity index (χ4n) is 5.47. The first-order valence-corrected chi connectivity index (χ1v) is 15.0. The molecule has 0 unspecified atom stereocenters. The molecule has 0 bridgehead atoms. The Labute approximate surface area is 261 Å². The largest absolute Gasteiger partial charge is 0.457 e. The minimum Gasteiger partial charge on any atom is -0.457 e. The molecule has 0 atom stereocenters. The van der Waals surface area contributed by atoms with E-state index in [1.54, 1.807) is 6.08 Å². The molecule has 0 N–H and O–H groups in total. The number of ether oxygens (including phenoxy) is 1. The van der Waals surface area contributed by atoms with Gasteiger partial charge in [0.2, 0.25) is 5.91 Å². The molecule has 6 aromatic rings. The fourth-order valence-corrected chi connectivity index (χ4v) is 5.47. The van der Waals surface area contributed by atoms with Crippen molar-refractivity contribution in [3.8, 4) is 22.8 Å². The van der Waals surface area contributed by atoms with Crippen molar-refractivity contribution in [3.05, 3.63) is 138 Å². The zero-order chi connectivity index (χ0) is 30.4. The maximum atomic E-state index is 13.0. The molecule has 222 valence electrons. The van der Waals surface area contributed by atoms with Gasteiger partial charge in [0.15, 0.2) is 0 Å². The number of benzene rings is 4. The second-order valence-electron chi connectivity index (χ2n) is 10.8. The van der Waals surface area contributed by atoms with Crippen molar-refractivity contribution in [1.29, 1.82) is 0 Å². The molecular weight excluding hydrogens is 562 g/mol. The number of nitrogens with zero attached hydrogens (tertiary/aromatic N) is 5. The molecule has 7 rings (SSSR count). The van der Waals surface area contributed by atoms with Gasteiger partial charge in [-0.05, 0) is 41.5 Å². The number of para-hydroxylation sites is 1. The molecule has 1 aliphatic rings. The van der Waals surface area contributed by atoms with E-state index in [-0.39, 0.29) is 5.91 Å². The Bertz CT molecular complexity index is 1930. The van der Waals surface area contributed by atoms with Crippen LogP contribution in [0.2, 0.25) is 0 Å². The summed E-state index contributed by atoms with van der Waals surface area (Å²) in [5, 5.41) is 5.22.